The maximum absolute atomic E-state index is 5.29. The van der Waals surface area contributed by atoms with Crippen LogP contribution in [0.4, 0.5) is 0 Å². The molecule has 1 aliphatic carbocycles. The molecule has 0 bridgehead atoms. The van der Waals surface area contributed by atoms with Crippen LogP contribution < -0.4 is 10.1 Å². The zero-order chi connectivity index (χ0) is 13.7. The van der Waals surface area contributed by atoms with E-state index in [1.54, 1.807) is 7.11 Å². The number of hydrogen-bond acceptors (Lipinski definition) is 3. The quantitative estimate of drug-likeness (QED) is 0.823. The summed E-state index contributed by atoms with van der Waals surface area (Å²) >= 11 is 2.02. The highest BCUT2D eigenvalue weighted by Gasteiger charge is 2.30. The van der Waals surface area contributed by atoms with Crippen LogP contribution in [-0.4, -0.2) is 30.7 Å². The predicted octanol–water partition coefficient (Wildman–Crippen LogP) is 3.67. The number of benzene rings is 1. The minimum absolute atomic E-state index is 0.626. The molecule has 0 amide bonds. The van der Waals surface area contributed by atoms with Gasteiger partial charge in [0.25, 0.3) is 0 Å². The number of ether oxygens (including phenoxy) is 1. The van der Waals surface area contributed by atoms with E-state index in [0.29, 0.717) is 18.0 Å². The van der Waals surface area contributed by atoms with Gasteiger partial charge in [-0.3, -0.25) is 0 Å². The Morgan fingerprint density at radius 2 is 2.21 bits per heavy atom. The lowest BCUT2D eigenvalue weighted by Crippen LogP contribution is -2.45. The van der Waals surface area contributed by atoms with Crippen molar-refractivity contribution in [1.82, 2.24) is 5.32 Å². The Morgan fingerprint density at radius 1 is 1.42 bits per heavy atom. The third-order valence-electron chi connectivity index (χ3n) is 3.80. The van der Waals surface area contributed by atoms with Gasteiger partial charge in [0.05, 0.1) is 7.11 Å². The average molecular weight is 279 g/mol. The number of nitrogens with one attached hydrogen (secondary N) is 1. The lowest BCUT2D eigenvalue weighted by atomic mass is 9.75. The molecule has 106 valence electrons. The van der Waals surface area contributed by atoms with Gasteiger partial charge in [0.1, 0.15) is 5.75 Å². The van der Waals surface area contributed by atoms with E-state index >= 15 is 0 Å². The Balaban J connectivity index is 1.76. The number of methoxy groups -OCH3 is 1. The van der Waals surface area contributed by atoms with E-state index in [2.05, 4.69) is 37.4 Å². The molecule has 1 atom stereocenters. The highest BCUT2D eigenvalue weighted by atomic mass is 32.2. The normalized spacial score (nSPS) is 23.7. The van der Waals surface area contributed by atoms with Gasteiger partial charge < -0.3 is 10.1 Å². The molecule has 2 nitrogen and oxygen atoms in total. The van der Waals surface area contributed by atoms with Gasteiger partial charge in [-0.1, -0.05) is 19.1 Å². The molecule has 1 N–H and O–H groups in total. The molecular weight excluding hydrogens is 254 g/mol. The van der Waals surface area contributed by atoms with Crippen LogP contribution >= 0.6 is 11.8 Å². The van der Waals surface area contributed by atoms with Crippen molar-refractivity contribution in [3.8, 4) is 5.75 Å². The smallest absolute Gasteiger partial charge is 0.119 e. The van der Waals surface area contributed by atoms with Gasteiger partial charge >= 0.3 is 0 Å². The van der Waals surface area contributed by atoms with Gasteiger partial charge in [0.15, 0.2) is 0 Å². The van der Waals surface area contributed by atoms with E-state index in [9.17, 15) is 0 Å². The molecule has 0 saturated heterocycles. The lowest BCUT2D eigenvalue weighted by molar-refractivity contribution is 0.275. The van der Waals surface area contributed by atoms with E-state index in [0.717, 1.165) is 5.75 Å². The summed E-state index contributed by atoms with van der Waals surface area (Å²) in [6, 6.07) is 9.83. The third-order valence-corrected chi connectivity index (χ3v) is 4.94. The maximum atomic E-state index is 5.29. The van der Waals surface area contributed by atoms with Crippen LogP contribution in [0.3, 0.4) is 0 Å². The van der Waals surface area contributed by atoms with Gasteiger partial charge in [-0.15, -0.1) is 0 Å². The molecule has 1 unspecified atom stereocenters. The summed E-state index contributed by atoms with van der Waals surface area (Å²) in [5.74, 6) is 4.11. The second-order valence-corrected chi connectivity index (χ2v) is 6.69. The Labute approximate surface area is 121 Å². The molecule has 0 aromatic heterocycles. The molecule has 0 heterocycles. The first-order chi connectivity index (χ1) is 9.22. The lowest BCUT2D eigenvalue weighted by Gasteiger charge is -2.38. The molecule has 1 aliphatic rings. The minimum atomic E-state index is 0.626. The zero-order valence-corrected chi connectivity index (χ0v) is 13.0. The fourth-order valence-electron chi connectivity index (χ4n) is 2.67. The summed E-state index contributed by atoms with van der Waals surface area (Å²) in [6.07, 6.45) is 2.52. The van der Waals surface area contributed by atoms with Crippen molar-refractivity contribution >= 4 is 11.8 Å². The molecule has 0 radical (unpaired) electrons. The van der Waals surface area contributed by atoms with E-state index < -0.39 is 0 Å². The zero-order valence-electron chi connectivity index (χ0n) is 12.2. The summed E-state index contributed by atoms with van der Waals surface area (Å²) in [7, 11) is 1.73. The van der Waals surface area contributed by atoms with Crippen molar-refractivity contribution in [1.29, 1.82) is 0 Å². The van der Waals surface area contributed by atoms with E-state index in [-0.39, 0.29) is 0 Å². The number of hydrogen-bond donors (Lipinski definition) is 1. The van der Waals surface area contributed by atoms with Crippen molar-refractivity contribution in [2.24, 2.45) is 0 Å². The Bertz CT molecular complexity index is 390. The second kappa shape index (κ2) is 7.20. The SMILES string of the molecule is CCSCC(C)NC1CC(c2cccc(OC)c2)C1. The second-order valence-electron chi connectivity index (χ2n) is 5.37. The summed E-state index contributed by atoms with van der Waals surface area (Å²) in [4.78, 5) is 0. The Morgan fingerprint density at radius 3 is 2.89 bits per heavy atom. The first-order valence-electron chi connectivity index (χ1n) is 7.20. The van der Waals surface area contributed by atoms with Gasteiger partial charge in [0.2, 0.25) is 0 Å². The van der Waals surface area contributed by atoms with Gasteiger partial charge in [-0.25, -0.2) is 0 Å². The highest BCUT2D eigenvalue weighted by molar-refractivity contribution is 7.99. The first kappa shape index (κ1) is 14.7. The minimum Gasteiger partial charge on any atom is -0.497 e. The van der Waals surface area contributed by atoms with E-state index in [1.807, 2.05) is 17.8 Å². The summed E-state index contributed by atoms with van der Waals surface area (Å²) in [5, 5.41) is 3.73. The molecular formula is C16H25NOS. The fourth-order valence-corrected chi connectivity index (χ4v) is 3.35. The predicted molar refractivity (Wildman–Crippen MR) is 84.4 cm³/mol. The number of thioether (sulfide) groups is 1. The molecule has 1 fully saturated rings. The van der Waals surface area contributed by atoms with Crippen molar-refractivity contribution in [2.45, 2.75) is 44.7 Å². The monoisotopic (exact) mass is 279 g/mol. The summed E-state index contributed by atoms with van der Waals surface area (Å²) in [5.41, 5.74) is 1.42. The molecule has 3 heteroatoms. The van der Waals surface area contributed by atoms with Crippen LogP contribution in [0.1, 0.15) is 38.2 Å². The number of rotatable bonds is 7. The largest absolute Gasteiger partial charge is 0.497 e. The van der Waals surface area contributed by atoms with Crippen molar-refractivity contribution in [2.75, 3.05) is 18.6 Å². The van der Waals surface area contributed by atoms with Crippen LogP contribution in [0.25, 0.3) is 0 Å². The highest BCUT2D eigenvalue weighted by Crippen LogP contribution is 2.38. The maximum Gasteiger partial charge on any atom is 0.119 e. The van der Waals surface area contributed by atoms with Gasteiger partial charge in [-0.05, 0) is 49.1 Å². The summed E-state index contributed by atoms with van der Waals surface area (Å²) < 4.78 is 5.29. The van der Waals surface area contributed by atoms with Crippen molar-refractivity contribution < 1.29 is 4.74 Å². The molecule has 1 aromatic carbocycles. The van der Waals surface area contributed by atoms with Crippen LogP contribution in [0.2, 0.25) is 0 Å². The van der Waals surface area contributed by atoms with Crippen molar-refractivity contribution in [3.63, 3.8) is 0 Å². The molecule has 0 aliphatic heterocycles. The Hall–Kier alpha value is -0.670. The van der Waals surface area contributed by atoms with Crippen LogP contribution in [0.15, 0.2) is 24.3 Å². The molecule has 19 heavy (non-hydrogen) atoms. The van der Waals surface area contributed by atoms with Crippen LogP contribution in [0, 0.1) is 0 Å². The van der Waals surface area contributed by atoms with E-state index in [1.165, 1.54) is 29.9 Å². The topological polar surface area (TPSA) is 21.3 Å². The van der Waals surface area contributed by atoms with Gasteiger partial charge in [0, 0.05) is 17.8 Å². The molecule has 1 aromatic rings. The van der Waals surface area contributed by atoms with Crippen LogP contribution in [-0.2, 0) is 0 Å². The summed E-state index contributed by atoms with van der Waals surface area (Å²) in [6.45, 7) is 4.51. The van der Waals surface area contributed by atoms with Gasteiger partial charge in [-0.2, -0.15) is 11.8 Å². The van der Waals surface area contributed by atoms with Crippen molar-refractivity contribution in [3.05, 3.63) is 29.8 Å². The Kier molecular flexibility index (Phi) is 5.59. The molecule has 2 rings (SSSR count). The molecule has 0 spiro atoms. The molecule has 1 saturated carbocycles. The van der Waals surface area contributed by atoms with E-state index in [4.69, 9.17) is 4.74 Å². The first-order valence-corrected chi connectivity index (χ1v) is 8.36. The third kappa shape index (κ3) is 4.15. The fraction of sp³-hybridized carbons (Fsp3) is 0.625. The average Bonchev–Trinajstić information content (AvgIpc) is 2.40. The standard InChI is InChI=1S/C16H25NOS/c1-4-19-11-12(2)17-15-8-14(9-15)13-6-5-7-16(10-13)18-3/h5-7,10,12,14-15,17H,4,8-9,11H2,1-3H3. The van der Waals surface area contributed by atoms with Crippen LogP contribution in [0.5, 0.6) is 5.75 Å².